The minimum Gasteiger partial charge on any atom is -0.497 e. The number of fused-ring (bicyclic) bond motifs is 2. The van der Waals surface area contributed by atoms with Crippen LogP contribution in [-0.2, 0) is 0 Å². The molecule has 1 unspecified atom stereocenters. The van der Waals surface area contributed by atoms with E-state index in [0.717, 1.165) is 29.4 Å². The van der Waals surface area contributed by atoms with Crippen LogP contribution in [0.15, 0.2) is 52.3 Å². The molecule has 0 saturated carbocycles. The smallest absolute Gasteiger partial charge is 0.121 e. The minimum atomic E-state index is -2.45. The first-order valence-corrected chi connectivity index (χ1v) is 8.57. The Hall–Kier alpha value is -1.65. The maximum Gasteiger partial charge on any atom is 0.121 e. The van der Waals surface area contributed by atoms with Crippen LogP contribution in [0.2, 0.25) is 0 Å². The molecule has 0 saturated heterocycles. The molecule has 3 nitrogen and oxygen atoms in total. The first-order valence-electron chi connectivity index (χ1n) is 9.25. The lowest BCUT2D eigenvalue weighted by molar-refractivity contribution is 0.342. The normalized spacial score (nSPS) is 16.9. The van der Waals surface area contributed by atoms with Crippen molar-refractivity contribution in [3.8, 4) is 5.75 Å². The van der Waals surface area contributed by atoms with E-state index in [0.29, 0.717) is 11.7 Å². The molecular formula is C19H24N2OS. The molecule has 4 heteroatoms. The summed E-state index contributed by atoms with van der Waals surface area (Å²) < 4.78 is 27.2. The SMILES string of the molecule is [2H]C([2H])([2H])Oc1ccc2c(c1)N(CC(C)CN(C)C)c1ccccc1S2. The number of hydrogen-bond acceptors (Lipinski definition) is 4. The number of ether oxygens (including phenoxy) is 1. The molecule has 0 aliphatic carbocycles. The number of anilines is 2. The summed E-state index contributed by atoms with van der Waals surface area (Å²) in [6.07, 6.45) is 0. The summed E-state index contributed by atoms with van der Waals surface area (Å²) in [5, 5.41) is 0. The highest BCUT2D eigenvalue weighted by Crippen LogP contribution is 2.49. The fourth-order valence-corrected chi connectivity index (χ4v) is 4.14. The summed E-state index contributed by atoms with van der Waals surface area (Å²) >= 11 is 1.71. The molecule has 1 heterocycles. The van der Waals surface area contributed by atoms with Crippen LogP contribution < -0.4 is 9.64 Å². The van der Waals surface area contributed by atoms with Crippen molar-refractivity contribution in [2.45, 2.75) is 16.7 Å². The molecular weight excluding hydrogens is 304 g/mol. The fourth-order valence-electron chi connectivity index (χ4n) is 3.06. The zero-order valence-corrected chi connectivity index (χ0v) is 14.6. The molecule has 0 bridgehead atoms. The Morgan fingerprint density at radius 1 is 1.17 bits per heavy atom. The number of rotatable bonds is 5. The maximum absolute atomic E-state index is 7.35. The average molecular weight is 331 g/mol. The lowest BCUT2D eigenvalue weighted by atomic mass is 10.1. The van der Waals surface area contributed by atoms with E-state index in [1.54, 1.807) is 17.8 Å². The van der Waals surface area contributed by atoms with Crippen molar-refractivity contribution < 1.29 is 8.85 Å². The van der Waals surface area contributed by atoms with Crippen LogP contribution in [-0.4, -0.2) is 39.1 Å². The summed E-state index contributed by atoms with van der Waals surface area (Å²) in [5.41, 5.74) is 2.16. The van der Waals surface area contributed by atoms with Crippen molar-refractivity contribution in [3.05, 3.63) is 42.5 Å². The molecule has 122 valence electrons. The van der Waals surface area contributed by atoms with Gasteiger partial charge < -0.3 is 14.5 Å². The number of methoxy groups -OCH3 is 1. The minimum absolute atomic E-state index is 0.369. The largest absolute Gasteiger partial charge is 0.497 e. The van der Waals surface area contributed by atoms with Crippen LogP contribution in [0.4, 0.5) is 11.4 Å². The standard InChI is InChI=1S/C19H24N2OS/c1-14(12-20(2)3)13-21-16-7-5-6-8-18(16)23-19-10-9-15(22-4)11-17(19)21/h5-11,14H,12-13H2,1-4H3/i4D3. The van der Waals surface area contributed by atoms with E-state index < -0.39 is 7.04 Å². The Morgan fingerprint density at radius 2 is 1.96 bits per heavy atom. The van der Waals surface area contributed by atoms with E-state index >= 15 is 0 Å². The maximum atomic E-state index is 7.35. The van der Waals surface area contributed by atoms with E-state index in [4.69, 9.17) is 8.85 Å². The molecule has 1 aliphatic heterocycles. The second-order valence-electron chi connectivity index (χ2n) is 6.28. The van der Waals surface area contributed by atoms with E-state index in [1.165, 1.54) is 4.90 Å². The van der Waals surface area contributed by atoms with Crippen LogP contribution in [0, 0.1) is 5.92 Å². The topological polar surface area (TPSA) is 15.7 Å². The van der Waals surface area contributed by atoms with Gasteiger partial charge in [0, 0.05) is 28.9 Å². The quantitative estimate of drug-likeness (QED) is 0.801. The van der Waals surface area contributed by atoms with Crippen LogP contribution in [0.25, 0.3) is 0 Å². The summed E-state index contributed by atoms with van der Waals surface area (Å²) in [6.45, 7) is 4.05. The lowest BCUT2D eigenvalue weighted by Crippen LogP contribution is -2.31. The molecule has 2 aromatic rings. The van der Waals surface area contributed by atoms with Gasteiger partial charge in [0.2, 0.25) is 0 Å². The summed E-state index contributed by atoms with van der Waals surface area (Å²) in [4.78, 5) is 6.78. The van der Waals surface area contributed by atoms with Gasteiger partial charge in [-0.15, -0.1) is 0 Å². The third-order valence-corrected chi connectivity index (χ3v) is 5.02. The van der Waals surface area contributed by atoms with Crippen LogP contribution in [0.3, 0.4) is 0 Å². The van der Waals surface area contributed by atoms with Gasteiger partial charge in [-0.2, -0.15) is 0 Å². The average Bonchev–Trinajstić information content (AvgIpc) is 2.53. The molecule has 0 aromatic heterocycles. The number of nitrogens with zero attached hydrogens (tertiary/aromatic N) is 2. The predicted molar refractivity (Wildman–Crippen MR) is 98.3 cm³/mol. The van der Waals surface area contributed by atoms with Crippen molar-refractivity contribution in [2.75, 3.05) is 39.1 Å². The first kappa shape index (κ1) is 12.7. The number of hydrogen-bond donors (Lipinski definition) is 0. The van der Waals surface area contributed by atoms with Gasteiger partial charge in [-0.25, -0.2) is 0 Å². The van der Waals surface area contributed by atoms with Crippen molar-refractivity contribution in [3.63, 3.8) is 0 Å². The van der Waals surface area contributed by atoms with Gasteiger partial charge in [0.15, 0.2) is 0 Å². The number of para-hydroxylation sites is 1. The second-order valence-corrected chi connectivity index (χ2v) is 7.36. The van der Waals surface area contributed by atoms with Crippen molar-refractivity contribution in [2.24, 2.45) is 5.92 Å². The Kier molecular flexibility index (Phi) is 3.79. The van der Waals surface area contributed by atoms with Gasteiger partial charge in [-0.3, -0.25) is 0 Å². The van der Waals surface area contributed by atoms with Gasteiger partial charge in [0.25, 0.3) is 0 Å². The fraction of sp³-hybridized carbons (Fsp3) is 0.368. The van der Waals surface area contributed by atoms with Crippen molar-refractivity contribution in [1.82, 2.24) is 4.90 Å². The van der Waals surface area contributed by atoms with Crippen LogP contribution in [0.5, 0.6) is 5.75 Å². The second kappa shape index (κ2) is 6.85. The van der Waals surface area contributed by atoms with E-state index in [-0.39, 0.29) is 0 Å². The Morgan fingerprint density at radius 3 is 2.74 bits per heavy atom. The van der Waals surface area contributed by atoms with E-state index in [2.05, 4.69) is 43.0 Å². The highest BCUT2D eigenvalue weighted by Gasteiger charge is 2.25. The van der Waals surface area contributed by atoms with Gasteiger partial charge >= 0.3 is 0 Å². The molecule has 2 aromatic carbocycles. The summed E-state index contributed by atoms with van der Waals surface area (Å²) in [6, 6.07) is 13.8. The highest BCUT2D eigenvalue weighted by atomic mass is 32.2. The zero-order chi connectivity index (χ0) is 18.9. The Balaban J connectivity index is 1.97. The van der Waals surface area contributed by atoms with Gasteiger partial charge in [0.1, 0.15) is 5.75 Å². The first-order chi connectivity index (χ1) is 12.2. The Bertz CT molecular complexity index is 780. The van der Waals surface area contributed by atoms with Gasteiger partial charge in [-0.05, 0) is 44.3 Å². The predicted octanol–water partition coefficient (Wildman–Crippen LogP) is 4.50. The molecule has 0 radical (unpaired) electrons. The molecule has 1 atom stereocenters. The molecule has 23 heavy (non-hydrogen) atoms. The zero-order valence-electron chi connectivity index (χ0n) is 16.7. The molecule has 0 amide bonds. The van der Waals surface area contributed by atoms with E-state index in [1.807, 2.05) is 24.3 Å². The highest BCUT2D eigenvalue weighted by molar-refractivity contribution is 7.99. The third-order valence-electron chi connectivity index (χ3n) is 3.89. The van der Waals surface area contributed by atoms with Crippen molar-refractivity contribution >= 4 is 23.1 Å². The van der Waals surface area contributed by atoms with Gasteiger partial charge in [-0.1, -0.05) is 30.8 Å². The molecule has 0 N–H and O–H groups in total. The van der Waals surface area contributed by atoms with Crippen LogP contribution >= 0.6 is 11.8 Å². The monoisotopic (exact) mass is 331 g/mol. The number of benzene rings is 2. The van der Waals surface area contributed by atoms with Crippen molar-refractivity contribution in [1.29, 1.82) is 0 Å². The Labute approximate surface area is 147 Å². The summed E-state index contributed by atoms with van der Waals surface area (Å²) in [5.74, 6) is 0.815. The lowest BCUT2D eigenvalue weighted by Gasteiger charge is -2.35. The molecule has 1 aliphatic rings. The van der Waals surface area contributed by atoms with E-state index in [9.17, 15) is 0 Å². The summed E-state index contributed by atoms with van der Waals surface area (Å²) in [7, 11) is 1.70. The van der Waals surface area contributed by atoms with Gasteiger partial charge in [0.05, 0.1) is 22.5 Å². The molecule has 0 spiro atoms. The third kappa shape index (κ3) is 3.48. The van der Waals surface area contributed by atoms with Crippen LogP contribution in [0.1, 0.15) is 11.0 Å². The molecule has 3 rings (SSSR count). The molecule has 0 fully saturated rings.